The fraction of sp³-hybridized carbons (Fsp3) is 0.125. The van der Waals surface area contributed by atoms with Gasteiger partial charge in [0.15, 0.2) is 0 Å². The SMILES string of the molecule is COC(=O)c1cc(S(N)(=O)=O)ccc1Br. The third-order valence-electron chi connectivity index (χ3n) is 1.67. The van der Waals surface area contributed by atoms with Gasteiger partial charge in [-0.3, -0.25) is 0 Å². The van der Waals surface area contributed by atoms with E-state index in [0.29, 0.717) is 4.47 Å². The number of sulfonamides is 1. The van der Waals surface area contributed by atoms with Crippen molar-refractivity contribution in [2.45, 2.75) is 4.90 Å². The maximum absolute atomic E-state index is 11.2. The zero-order valence-corrected chi connectivity index (χ0v) is 10.1. The first-order valence-electron chi connectivity index (χ1n) is 3.77. The van der Waals surface area contributed by atoms with E-state index in [9.17, 15) is 13.2 Å². The predicted octanol–water partition coefficient (Wildman–Crippen LogP) is 0.883. The Hall–Kier alpha value is -0.920. The van der Waals surface area contributed by atoms with Gasteiger partial charge >= 0.3 is 5.97 Å². The fourth-order valence-corrected chi connectivity index (χ4v) is 1.90. The minimum Gasteiger partial charge on any atom is -0.465 e. The first-order valence-corrected chi connectivity index (χ1v) is 6.11. The summed E-state index contributed by atoms with van der Waals surface area (Å²) in [5.41, 5.74) is 0.115. The number of hydrogen-bond donors (Lipinski definition) is 1. The van der Waals surface area contributed by atoms with Crippen molar-refractivity contribution in [2.75, 3.05) is 7.11 Å². The van der Waals surface area contributed by atoms with Crippen molar-refractivity contribution in [1.29, 1.82) is 0 Å². The molecule has 1 rings (SSSR count). The number of rotatable bonds is 2. The number of esters is 1. The summed E-state index contributed by atoms with van der Waals surface area (Å²) in [6, 6.07) is 3.88. The molecule has 0 aromatic heterocycles. The summed E-state index contributed by atoms with van der Waals surface area (Å²) in [6.45, 7) is 0. The molecule has 0 fully saturated rings. The molecule has 7 heteroatoms. The Morgan fingerprint density at radius 1 is 1.47 bits per heavy atom. The van der Waals surface area contributed by atoms with Crippen molar-refractivity contribution in [3.05, 3.63) is 28.2 Å². The molecule has 0 atom stereocenters. The second-order valence-corrected chi connectivity index (χ2v) is 5.09. The molecular formula is C8H8BrNO4S. The van der Waals surface area contributed by atoms with Gasteiger partial charge in [0.05, 0.1) is 17.6 Å². The molecule has 0 bridgehead atoms. The second-order valence-electron chi connectivity index (χ2n) is 2.68. The maximum atomic E-state index is 11.2. The van der Waals surface area contributed by atoms with Gasteiger partial charge in [-0.25, -0.2) is 18.4 Å². The van der Waals surface area contributed by atoms with Crippen molar-refractivity contribution >= 4 is 31.9 Å². The Bertz CT molecular complexity index is 497. The first kappa shape index (κ1) is 12.2. The lowest BCUT2D eigenvalue weighted by Crippen LogP contribution is -2.13. The highest BCUT2D eigenvalue weighted by atomic mass is 79.9. The van der Waals surface area contributed by atoms with Crippen LogP contribution in [-0.2, 0) is 14.8 Å². The molecule has 5 nitrogen and oxygen atoms in total. The molecule has 15 heavy (non-hydrogen) atoms. The summed E-state index contributed by atoms with van der Waals surface area (Å²) in [6.07, 6.45) is 0. The highest BCUT2D eigenvalue weighted by Gasteiger charge is 2.15. The van der Waals surface area contributed by atoms with Crippen LogP contribution in [0.2, 0.25) is 0 Å². The molecule has 0 aliphatic carbocycles. The molecular weight excluding hydrogens is 286 g/mol. The number of carbonyl (C=O) groups excluding carboxylic acids is 1. The van der Waals surface area contributed by atoms with Crippen molar-refractivity contribution in [3.63, 3.8) is 0 Å². The fourth-order valence-electron chi connectivity index (χ4n) is 0.948. The molecule has 0 radical (unpaired) electrons. The van der Waals surface area contributed by atoms with Gasteiger partial charge < -0.3 is 4.74 Å². The van der Waals surface area contributed by atoms with Crippen LogP contribution in [0.1, 0.15) is 10.4 Å². The lowest BCUT2D eigenvalue weighted by Gasteiger charge is -2.04. The summed E-state index contributed by atoms with van der Waals surface area (Å²) in [7, 11) is -2.61. The molecule has 0 aliphatic rings. The zero-order chi connectivity index (χ0) is 11.6. The number of nitrogens with two attached hydrogens (primary N) is 1. The molecule has 1 aromatic carbocycles. The van der Waals surface area contributed by atoms with E-state index in [1.807, 2.05) is 0 Å². The number of ether oxygens (including phenoxy) is 1. The zero-order valence-electron chi connectivity index (χ0n) is 7.73. The number of methoxy groups -OCH3 is 1. The van der Waals surface area contributed by atoms with Gasteiger partial charge in [-0.2, -0.15) is 0 Å². The third-order valence-corrected chi connectivity index (χ3v) is 3.27. The second kappa shape index (κ2) is 4.30. The highest BCUT2D eigenvalue weighted by molar-refractivity contribution is 9.10. The van der Waals surface area contributed by atoms with E-state index in [0.717, 1.165) is 6.07 Å². The molecule has 0 unspecified atom stereocenters. The largest absolute Gasteiger partial charge is 0.465 e. The molecule has 0 saturated carbocycles. The summed E-state index contributed by atoms with van der Waals surface area (Å²) < 4.78 is 27.0. The maximum Gasteiger partial charge on any atom is 0.339 e. The van der Waals surface area contributed by atoms with Gasteiger partial charge in [0.2, 0.25) is 10.0 Å². The third kappa shape index (κ3) is 2.77. The monoisotopic (exact) mass is 293 g/mol. The van der Waals surface area contributed by atoms with Gasteiger partial charge in [0.25, 0.3) is 0 Å². The quantitative estimate of drug-likeness (QED) is 0.820. The Labute approximate surface area is 95.4 Å². The molecule has 0 aliphatic heterocycles. The Kier molecular flexibility index (Phi) is 3.48. The van der Waals surface area contributed by atoms with Crippen LogP contribution in [0.3, 0.4) is 0 Å². The van der Waals surface area contributed by atoms with Gasteiger partial charge in [0, 0.05) is 4.47 Å². The average Bonchev–Trinajstić information content (AvgIpc) is 2.15. The topological polar surface area (TPSA) is 86.5 Å². The summed E-state index contributed by atoms with van der Waals surface area (Å²) in [5.74, 6) is -0.632. The molecule has 1 aromatic rings. The van der Waals surface area contributed by atoms with E-state index >= 15 is 0 Å². The van der Waals surface area contributed by atoms with Gasteiger partial charge in [0.1, 0.15) is 0 Å². The van der Waals surface area contributed by atoms with Crippen molar-refractivity contribution in [1.82, 2.24) is 0 Å². The van der Waals surface area contributed by atoms with Crippen LogP contribution in [0.5, 0.6) is 0 Å². The lowest BCUT2D eigenvalue weighted by atomic mass is 10.2. The van der Waals surface area contributed by atoms with E-state index < -0.39 is 16.0 Å². The molecule has 2 N–H and O–H groups in total. The molecule has 0 spiro atoms. The van der Waals surface area contributed by atoms with Crippen LogP contribution in [0.15, 0.2) is 27.6 Å². The first-order chi connectivity index (χ1) is 6.86. The summed E-state index contributed by atoms with van der Waals surface area (Å²) in [4.78, 5) is 11.1. The molecule has 0 amide bonds. The Morgan fingerprint density at radius 3 is 2.53 bits per heavy atom. The van der Waals surface area contributed by atoms with Gasteiger partial charge in [-0.05, 0) is 34.1 Å². The number of carbonyl (C=O) groups is 1. The van der Waals surface area contributed by atoms with Gasteiger partial charge in [-0.1, -0.05) is 0 Å². The van der Waals surface area contributed by atoms with Crippen LogP contribution in [0.25, 0.3) is 0 Å². The standard InChI is InChI=1S/C8H8BrNO4S/c1-14-8(11)6-4-5(15(10,12)13)2-3-7(6)9/h2-4H,1H3,(H2,10,12,13). The smallest absolute Gasteiger partial charge is 0.339 e. The predicted molar refractivity (Wildman–Crippen MR) is 56.9 cm³/mol. The lowest BCUT2D eigenvalue weighted by molar-refractivity contribution is 0.0599. The number of benzene rings is 1. The molecule has 0 heterocycles. The highest BCUT2D eigenvalue weighted by Crippen LogP contribution is 2.20. The number of primary sulfonamides is 1. The van der Waals surface area contributed by atoms with Crippen molar-refractivity contribution in [2.24, 2.45) is 5.14 Å². The van der Waals surface area contributed by atoms with E-state index in [4.69, 9.17) is 5.14 Å². The van der Waals surface area contributed by atoms with Gasteiger partial charge in [-0.15, -0.1) is 0 Å². The summed E-state index contributed by atoms with van der Waals surface area (Å²) in [5, 5.41) is 4.92. The number of hydrogen-bond acceptors (Lipinski definition) is 4. The Morgan fingerprint density at radius 2 is 2.07 bits per heavy atom. The summed E-state index contributed by atoms with van der Waals surface area (Å²) >= 11 is 3.10. The normalized spacial score (nSPS) is 11.1. The van der Waals surface area contributed by atoms with Crippen LogP contribution in [-0.4, -0.2) is 21.5 Å². The van der Waals surface area contributed by atoms with Crippen LogP contribution in [0.4, 0.5) is 0 Å². The van der Waals surface area contributed by atoms with Crippen LogP contribution in [0, 0.1) is 0 Å². The molecule has 82 valence electrons. The van der Waals surface area contributed by atoms with Crippen molar-refractivity contribution < 1.29 is 17.9 Å². The van der Waals surface area contributed by atoms with E-state index in [1.54, 1.807) is 0 Å². The van der Waals surface area contributed by atoms with Crippen LogP contribution < -0.4 is 5.14 Å². The molecule has 0 saturated heterocycles. The minimum atomic E-state index is -3.81. The van der Waals surface area contributed by atoms with E-state index in [2.05, 4.69) is 20.7 Å². The van der Waals surface area contributed by atoms with E-state index in [1.165, 1.54) is 19.2 Å². The average molecular weight is 294 g/mol. The Balaban J connectivity index is 3.36. The number of halogens is 1. The van der Waals surface area contributed by atoms with Crippen LogP contribution >= 0.6 is 15.9 Å². The minimum absolute atomic E-state index is 0.115. The van der Waals surface area contributed by atoms with Crippen molar-refractivity contribution in [3.8, 4) is 0 Å². The van der Waals surface area contributed by atoms with E-state index in [-0.39, 0.29) is 10.5 Å².